The lowest BCUT2D eigenvalue weighted by atomic mass is 10.1. The monoisotopic (exact) mass is 363 g/mol. The van der Waals surface area contributed by atoms with Crippen LogP contribution in [-0.4, -0.2) is 13.7 Å². The molecule has 2 rings (SSSR count). The molecule has 0 aliphatic heterocycles. The van der Waals surface area contributed by atoms with E-state index in [-0.39, 0.29) is 0 Å². The van der Waals surface area contributed by atoms with Gasteiger partial charge >= 0.3 is 0 Å². The molecule has 118 valence electrons. The van der Waals surface area contributed by atoms with Crippen molar-refractivity contribution in [2.45, 2.75) is 27.3 Å². The van der Waals surface area contributed by atoms with Crippen LogP contribution in [-0.2, 0) is 6.54 Å². The Kier molecular flexibility index (Phi) is 5.72. The summed E-state index contributed by atoms with van der Waals surface area (Å²) in [5.41, 5.74) is 4.85. The first kappa shape index (κ1) is 16.7. The van der Waals surface area contributed by atoms with Crippen molar-refractivity contribution in [1.82, 2.24) is 0 Å². The lowest BCUT2D eigenvalue weighted by Gasteiger charge is -2.15. The zero-order valence-corrected chi connectivity index (χ0v) is 15.1. The molecule has 0 saturated carbocycles. The summed E-state index contributed by atoms with van der Waals surface area (Å²) in [6, 6.07) is 10.4. The highest BCUT2D eigenvalue weighted by Gasteiger charge is 2.11. The molecular formula is C18H22BrNO2. The van der Waals surface area contributed by atoms with Crippen molar-refractivity contribution in [3.8, 4) is 11.5 Å². The third-order valence-electron chi connectivity index (χ3n) is 3.67. The van der Waals surface area contributed by atoms with Crippen molar-refractivity contribution in [3.63, 3.8) is 0 Å². The molecule has 2 aromatic rings. The average Bonchev–Trinajstić information content (AvgIpc) is 2.51. The fraction of sp³-hybridized carbons (Fsp3) is 0.333. The quantitative estimate of drug-likeness (QED) is 0.775. The maximum absolute atomic E-state index is 5.62. The van der Waals surface area contributed by atoms with Crippen molar-refractivity contribution < 1.29 is 9.47 Å². The number of hydrogen-bond donors (Lipinski definition) is 1. The van der Waals surface area contributed by atoms with Crippen molar-refractivity contribution >= 4 is 21.6 Å². The van der Waals surface area contributed by atoms with Gasteiger partial charge in [0.1, 0.15) is 0 Å². The van der Waals surface area contributed by atoms with Crippen LogP contribution in [0.2, 0.25) is 0 Å². The number of ether oxygens (including phenoxy) is 2. The maximum atomic E-state index is 5.62. The van der Waals surface area contributed by atoms with Gasteiger partial charge < -0.3 is 14.8 Å². The van der Waals surface area contributed by atoms with Gasteiger partial charge in [0.2, 0.25) is 0 Å². The van der Waals surface area contributed by atoms with E-state index in [1.54, 1.807) is 7.11 Å². The number of benzene rings is 2. The predicted octanol–water partition coefficient (Wildman–Crippen LogP) is 5.09. The van der Waals surface area contributed by atoms with Crippen molar-refractivity contribution in [3.05, 3.63) is 51.5 Å². The first-order valence-corrected chi connectivity index (χ1v) is 8.15. The van der Waals surface area contributed by atoms with E-state index in [2.05, 4.69) is 59.4 Å². The molecule has 0 unspecified atom stereocenters. The molecule has 0 saturated heterocycles. The van der Waals surface area contributed by atoms with E-state index in [1.165, 1.54) is 11.1 Å². The molecule has 0 atom stereocenters. The lowest BCUT2D eigenvalue weighted by molar-refractivity contribution is 0.308. The molecule has 0 aromatic heterocycles. The zero-order valence-electron chi connectivity index (χ0n) is 13.5. The van der Waals surface area contributed by atoms with Crippen LogP contribution in [0.25, 0.3) is 0 Å². The minimum absolute atomic E-state index is 0.606. The molecule has 0 bridgehead atoms. The van der Waals surface area contributed by atoms with E-state index < -0.39 is 0 Å². The van der Waals surface area contributed by atoms with E-state index in [4.69, 9.17) is 9.47 Å². The highest BCUT2D eigenvalue weighted by molar-refractivity contribution is 9.10. The Morgan fingerprint density at radius 3 is 2.64 bits per heavy atom. The second-order valence-electron chi connectivity index (χ2n) is 5.14. The highest BCUT2D eigenvalue weighted by atomic mass is 79.9. The van der Waals surface area contributed by atoms with Gasteiger partial charge in [-0.3, -0.25) is 0 Å². The van der Waals surface area contributed by atoms with Gasteiger partial charge in [0, 0.05) is 12.2 Å². The van der Waals surface area contributed by atoms with Gasteiger partial charge in [-0.15, -0.1) is 0 Å². The second-order valence-corrected chi connectivity index (χ2v) is 6.00. The Balaban J connectivity index is 2.20. The molecule has 2 aromatic carbocycles. The first-order chi connectivity index (χ1) is 10.6. The van der Waals surface area contributed by atoms with Crippen LogP contribution in [0.1, 0.15) is 23.6 Å². The number of hydrogen-bond acceptors (Lipinski definition) is 3. The summed E-state index contributed by atoms with van der Waals surface area (Å²) in [7, 11) is 1.66. The molecular weight excluding hydrogens is 342 g/mol. The van der Waals surface area contributed by atoms with E-state index in [9.17, 15) is 0 Å². The van der Waals surface area contributed by atoms with E-state index in [0.717, 1.165) is 33.8 Å². The minimum atomic E-state index is 0.606. The van der Waals surface area contributed by atoms with Gasteiger partial charge in [-0.25, -0.2) is 0 Å². The summed E-state index contributed by atoms with van der Waals surface area (Å²) in [4.78, 5) is 0. The summed E-state index contributed by atoms with van der Waals surface area (Å²) in [5.74, 6) is 1.49. The zero-order chi connectivity index (χ0) is 16.1. The first-order valence-electron chi connectivity index (χ1n) is 7.36. The summed E-state index contributed by atoms with van der Waals surface area (Å²) in [6.07, 6.45) is 0. The van der Waals surface area contributed by atoms with Gasteiger partial charge in [0.15, 0.2) is 11.5 Å². The molecule has 3 nitrogen and oxygen atoms in total. The van der Waals surface area contributed by atoms with Gasteiger partial charge in [-0.05, 0) is 71.6 Å². The number of methoxy groups -OCH3 is 1. The number of nitrogens with one attached hydrogen (secondary N) is 1. The Labute approximate surface area is 140 Å². The van der Waals surface area contributed by atoms with Crippen molar-refractivity contribution in [2.24, 2.45) is 0 Å². The van der Waals surface area contributed by atoms with Crippen LogP contribution < -0.4 is 14.8 Å². The summed E-state index contributed by atoms with van der Waals surface area (Å²) in [5, 5.41) is 3.48. The average molecular weight is 364 g/mol. The molecule has 0 aliphatic rings. The SMILES string of the molecule is CCOc1c(Br)cc(CNc2cccc(C)c2C)cc1OC. The fourth-order valence-corrected chi connectivity index (χ4v) is 2.90. The maximum Gasteiger partial charge on any atom is 0.175 e. The van der Waals surface area contributed by atoms with Crippen LogP contribution in [0.3, 0.4) is 0 Å². The number of halogens is 1. The van der Waals surface area contributed by atoms with Crippen LogP contribution in [0.5, 0.6) is 11.5 Å². The summed E-state index contributed by atoms with van der Waals surface area (Å²) < 4.78 is 12.0. The smallest absolute Gasteiger partial charge is 0.175 e. The van der Waals surface area contributed by atoms with Crippen molar-refractivity contribution in [1.29, 1.82) is 0 Å². The standard InChI is InChI=1S/C18H22BrNO2/c1-5-22-18-15(19)9-14(10-17(18)21-4)11-20-16-8-6-7-12(2)13(16)3/h6-10,20H,5,11H2,1-4H3. The lowest BCUT2D eigenvalue weighted by Crippen LogP contribution is -2.03. The van der Waals surface area contributed by atoms with E-state index in [1.807, 2.05) is 13.0 Å². The van der Waals surface area contributed by atoms with Gasteiger partial charge in [-0.1, -0.05) is 12.1 Å². The Hall–Kier alpha value is -1.68. The third kappa shape index (κ3) is 3.74. The highest BCUT2D eigenvalue weighted by Crippen LogP contribution is 2.36. The van der Waals surface area contributed by atoms with Gasteiger partial charge in [0.05, 0.1) is 18.2 Å². The summed E-state index contributed by atoms with van der Waals surface area (Å²) >= 11 is 3.56. The fourth-order valence-electron chi connectivity index (χ4n) is 2.30. The Morgan fingerprint density at radius 1 is 1.18 bits per heavy atom. The molecule has 0 spiro atoms. The Bertz CT molecular complexity index is 656. The van der Waals surface area contributed by atoms with E-state index in [0.29, 0.717) is 6.61 Å². The van der Waals surface area contributed by atoms with Crippen LogP contribution >= 0.6 is 15.9 Å². The van der Waals surface area contributed by atoms with E-state index >= 15 is 0 Å². The summed E-state index contributed by atoms with van der Waals surface area (Å²) in [6.45, 7) is 7.55. The largest absolute Gasteiger partial charge is 0.493 e. The predicted molar refractivity (Wildman–Crippen MR) is 95.1 cm³/mol. The molecule has 22 heavy (non-hydrogen) atoms. The topological polar surface area (TPSA) is 30.5 Å². The Morgan fingerprint density at radius 2 is 1.95 bits per heavy atom. The van der Waals surface area contributed by atoms with Crippen LogP contribution in [0, 0.1) is 13.8 Å². The van der Waals surface area contributed by atoms with Gasteiger partial charge in [0.25, 0.3) is 0 Å². The molecule has 0 heterocycles. The van der Waals surface area contributed by atoms with Crippen LogP contribution in [0.15, 0.2) is 34.8 Å². The normalized spacial score (nSPS) is 10.4. The molecule has 0 radical (unpaired) electrons. The molecule has 4 heteroatoms. The molecule has 0 amide bonds. The van der Waals surface area contributed by atoms with Gasteiger partial charge in [-0.2, -0.15) is 0 Å². The molecule has 0 aliphatic carbocycles. The number of rotatable bonds is 6. The third-order valence-corrected chi connectivity index (χ3v) is 4.25. The van der Waals surface area contributed by atoms with Crippen molar-refractivity contribution in [2.75, 3.05) is 19.0 Å². The minimum Gasteiger partial charge on any atom is -0.493 e. The second kappa shape index (κ2) is 7.54. The number of aryl methyl sites for hydroxylation is 1. The molecule has 1 N–H and O–H groups in total. The van der Waals surface area contributed by atoms with Crippen LogP contribution in [0.4, 0.5) is 5.69 Å². The number of anilines is 1. The molecule has 0 fully saturated rings.